The minimum absolute atomic E-state index is 0.0193. The third kappa shape index (κ3) is 3.85. The number of imide groups is 1. The zero-order chi connectivity index (χ0) is 30.0. The van der Waals surface area contributed by atoms with E-state index in [4.69, 9.17) is 0 Å². The van der Waals surface area contributed by atoms with E-state index >= 15 is 0 Å². The summed E-state index contributed by atoms with van der Waals surface area (Å²) in [6.45, 7) is -0.445. The third-order valence-corrected chi connectivity index (χ3v) is 8.73. The lowest BCUT2D eigenvalue weighted by molar-refractivity contribution is -0.385. The van der Waals surface area contributed by atoms with Crippen molar-refractivity contribution < 1.29 is 24.2 Å². The van der Waals surface area contributed by atoms with Crippen molar-refractivity contribution in [1.82, 2.24) is 10.0 Å². The molecule has 0 spiro atoms. The first-order valence-electron chi connectivity index (χ1n) is 13.6. The average Bonchev–Trinajstić information content (AvgIpc) is 3.29. The fourth-order valence-corrected chi connectivity index (χ4v) is 6.99. The van der Waals surface area contributed by atoms with Crippen LogP contribution >= 0.6 is 0 Å². The largest absolute Gasteiger partial charge is 0.274 e. The van der Waals surface area contributed by atoms with Gasteiger partial charge in [-0.1, -0.05) is 66.7 Å². The van der Waals surface area contributed by atoms with Crippen molar-refractivity contribution in [2.24, 2.45) is 11.8 Å². The number of carbonyl (C=O) groups excluding carboxylic acids is 3. The summed E-state index contributed by atoms with van der Waals surface area (Å²) in [5, 5.41) is 24.8. The summed E-state index contributed by atoms with van der Waals surface area (Å²) in [4.78, 5) is 64.6. The molecule has 43 heavy (non-hydrogen) atoms. The molecule has 11 nitrogen and oxygen atoms in total. The first kappa shape index (κ1) is 26.2. The Hall–Kier alpha value is -5.71. The molecule has 212 valence electrons. The molecular weight excluding hydrogens is 552 g/mol. The number of amides is 3. The number of benzene rings is 4. The summed E-state index contributed by atoms with van der Waals surface area (Å²) >= 11 is 0. The Kier molecular flexibility index (Phi) is 5.91. The van der Waals surface area contributed by atoms with Gasteiger partial charge in [0.05, 0.1) is 33.8 Å². The van der Waals surface area contributed by atoms with Crippen LogP contribution in [0.1, 0.15) is 50.0 Å². The molecule has 4 aromatic carbocycles. The molecule has 1 aliphatic heterocycles. The SMILES string of the molecule is O=C(c1ccc([N+](=O)[O-])cc1)N(Cc1ccccc1[N+](=O)[O-])N1C(=O)[C@@H]2C3c4ccccc4C(c4ccccc43)[C@@H]2C1=O. The van der Waals surface area contributed by atoms with Crippen molar-refractivity contribution in [2.75, 3.05) is 0 Å². The highest BCUT2D eigenvalue weighted by atomic mass is 16.6. The molecule has 0 radical (unpaired) electrons. The van der Waals surface area contributed by atoms with E-state index in [-0.39, 0.29) is 22.5 Å². The summed E-state index contributed by atoms with van der Waals surface area (Å²) < 4.78 is 0. The molecule has 8 rings (SSSR count). The van der Waals surface area contributed by atoms with Gasteiger partial charge in [0.15, 0.2) is 0 Å². The zero-order valence-corrected chi connectivity index (χ0v) is 22.4. The van der Waals surface area contributed by atoms with Crippen molar-refractivity contribution in [3.63, 3.8) is 0 Å². The maximum Gasteiger partial charge on any atom is 0.274 e. The summed E-state index contributed by atoms with van der Waals surface area (Å²) in [7, 11) is 0. The number of carbonyl (C=O) groups is 3. The average molecular weight is 575 g/mol. The number of non-ortho nitro benzene ring substituents is 1. The van der Waals surface area contributed by atoms with Gasteiger partial charge in [0.25, 0.3) is 29.1 Å². The van der Waals surface area contributed by atoms with Gasteiger partial charge in [0.2, 0.25) is 0 Å². The molecule has 3 aliphatic carbocycles. The molecule has 0 unspecified atom stereocenters. The Morgan fingerprint density at radius 1 is 0.674 bits per heavy atom. The Bertz CT molecular complexity index is 1760. The van der Waals surface area contributed by atoms with Crippen LogP contribution in [0.25, 0.3) is 0 Å². The fourth-order valence-electron chi connectivity index (χ4n) is 6.99. The van der Waals surface area contributed by atoms with Crippen molar-refractivity contribution in [3.8, 4) is 0 Å². The molecule has 1 fully saturated rings. The minimum atomic E-state index is -0.796. The van der Waals surface area contributed by atoms with Crippen LogP contribution in [0.2, 0.25) is 0 Å². The molecule has 3 amide bonds. The van der Waals surface area contributed by atoms with Gasteiger partial charge in [0, 0.05) is 35.6 Å². The topological polar surface area (TPSA) is 144 Å². The standard InChI is InChI=1S/C32H22N4O7/c37-30(18-13-15-20(16-14-18)35(40)41)33(17-19-7-1-6-12-25(19)36(42)43)34-31(38)28-26-21-8-2-3-9-22(21)27(29(28)32(34)39)24-11-5-4-10-23(24)26/h1-16,26-29H,17H2/t26?,27?,28-,29+. The lowest BCUT2D eigenvalue weighted by atomic mass is 9.55. The second kappa shape index (κ2) is 9.69. The molecular formula is C32H22N4O7. The highest BCUT2D eigenvalue weighted by molar-refractivity contribution is 6.09. The van der Waals surface area contributed by atoms with E-state index in [0.717, 1.165) is 44.4 Å². The number of hydrogen-bond donors (Lipinski definition) is 0. The van der Waals surface area contributed by atoms with Crippen LogP contribution in [-0.2, 0) is 16.1 Å². The van der Waals surface area contributed by atoms with Gasteiger partial charge >= 0.3 is 0 Å². The van der Waals surface area contributed by atoms with Crippen molar-refractivity contribution >= 4 is 29.1 Å². The Labute approximate surface area is 244 Å². The van der Waals surface area contributed by atoms with Gasteiger partial charge in [-0.3, -0.25) is 34.6 Å². The highest BCUT2D eigenvalue weighted by Gasteiger charge is 2.63. The fraction of sp³-hybridized carbons (Fsp3) is 0.156. The molecule has 4 aromatic rings. The van der Waals surface area contributed by atoms with E-state index in [2.05, 4.69) is 0 Å². The number of hydrazine groups is 1. The van der Waals surface area contributed by atoms with Crippen molar-refractivity contribution in [2.45, 2.75) is 18.4 Å². The predicted octanol–water partition coefficient (Wildman–Crippen LogP) is 4.95. The number of para-hydroxylation sites is 1. The second-order valence-electron chi connectivity index (χ2n) is 10.8. The van der Waals surface area contributed by atoms with E-state index in [1.165, 1.54) is 30.3 Å². The van der Waals surface area contributed by atoms with Gasteiger partial charge in [-0.05, 0) is 34.4 Å². The van der Waals surface area contributed by atoms with Crippen LogP contribution in [0.3, 0.4) is 0 Å². The van der Waals surface area contributed by atoms with E-state index in [0.29, 0.717) is 0 Å². The van der Waals surface area contributed by atoms with Crippen LogP contribution in [0.5, 0.6) is 0 Å². The number of hydrogen-bond acceptors (Lipinski definition) is 7. The molecule has 4 aliphatic rings. The first-order valence-corrected chi connectivity index (χ1v) is 13.6. The molecule has 2 atom stereocenters. The summed E-state index contributed by atoms with van der Waals surface area (Å²) in [5.41, 5.74) is 3.42. The van der Waals surface area contributed by atoms with E-state index < -0.39 is 57.8 Å². The zero-order valence-electron chi connectivity index (χ0n) is 22.4. The third-order valence-electron chi connectivity index (χ3n) is 8.73. The van der Waals surface area contributed by atoms with Crippen LogP contribution in [0, 0.1) is 32.1 Å². The smallest absolute Gasteiger partial charge is 0.272 e. The number of rotatable bonds is 6. The molecule has 2 bridgehead atoms. The van der Waals surface area contributed by atoms with Gasteiger partial charge in [-0.2, -0.15) is 5.01 Å². The quantitative estimate of drug-likeness (QED) is 0.180. The highest BCUT2D eigenvalue weighted by Crippen LogP contribution is 2.61. The summed E-state index contributed by atoms with van der Waals surface area (Å²) in [6.07, 6.45) is 0. The van der Waals surface area contributed by atoms with Crippen LogP contribution in [0.15, 0.2) is 97.1 Å². The molecule has 1 heterocycles. The predicted molar refractivity (Wildman–Crippen MR) is 151 cm³/mol. The Morgan fingerprint density at radius 2 is 1.14 bits per heavy atom. The lowest BCUT2D eigenvalue weighted by Gasteiger charge is -2.45. The van der Waals surface area contributed by atoms with E-state index in [1.807, 2.05) is 48.5 Å². The number of nitro benzene ring substituents is 2. The van der Waals surface area contributed by atoms with Gasteiger partial charge in [-0.15, -0.1) is 0 Å². The van der Waals surface area contributed by atoms with Crippen LogP contribution < -0.4 is 0 Å². The molecule has 0 N–H and O–H groups in total. The Balaban J connectivity index is 1.35. The first-order chi connectivity index (χ1) is 20.8. The lowest BCUT2D eigenvalue weighted by Crippen LogP contribution is -2.50. The monoisotopic (exact) mass is 574 g/mol. The van der Waals surface area contributed by atoms with Crippen LogP contribution in [-0.4, -0.2) is 37.6 Å². The van der Waals surface area contributed by atoms with Gasteiger partial charge in [0.1, 0.15) is 0 Å². The minimum Gasteiger partial charge on any atom is -0.272 e. The van der Waals surface area contributed by atoms with Crippen molar-refractivity contribution in [1.29, 1.82) is 0 Å². The normalized spacial score (nSPS) is 21.2. The number of nitro groups is 2. The summed E-state index contributed by atoms with van der Waals surface area (Å²) in [5.74, 6) is -4.31. The summed E-state index contributed by atoms with van der Waals surface area (Å²) in [6, 6.07) is 26.0. The molecule has 0 saturated carbocycles. The molecule has 1 saturated heterocycles. The maximum atomic E-state index is 14.4. The molecule has 0 aromatic heterocycles. The second-order valence-corrected chi connectivity index (χ2v) is 10.8. The van der Waals surface area contributed by atoms with Gasteiger partial charge in [-0.25, -0.2) is 5.01 Å². The molecule has 11 heteroatoms. The van der Waals surface area contributed by atoms with Crippen molar-refractivity contribution in [3.05, 3.63) is 151 Å². The maximum absolute atomic E-state index is 14.4. The van der Waals surface area contributed by atoms with Gasteiger partial charge < -0.3 is 0 Å². The van der Waals surface area contributed by atoms with E-state index in [9.17, 15) is 34.6 Å². The van der Waals surface area contributed by atoms with Crippen LogP contribution in [0.4, 0.5) is 11.4 Å². The Morgan fingerprint density at radius 3 is 1.60 bits per heavy atom. The number of nitrogens with zero attached hydrogens (tertiary/aromatic N) is 4. The van der Waals surface area contributed by atoms with E-state index in [1.54, 1.807) is 6.07 Å².